The van der Waals surface area contributed by atoms with Crippen molar-refractivity contribution in [3.05, 3.63) is 64.5 Å². The Kier molecular flexibility index (Phi) is 5.67. The maximum atomic E-state index is 11.7. The van der Waals surface area contributed by atoms with Crippen LogP contribution in [0.2, 0.25) is 10.0 Å². The van der Waals surface area contributed by atoms with E-state index in [4.69, 9.17) is 27.6 Å². The highest BCUT2D eigenvalue weighted by Crippen LogP contribution is 2.24. The second-order valence-electron chi connectivity index (χ2n) is 4.44. The van der Waals surface area contributed by atoms with Gasteiger partial charge in [0.2, 0.25) is 0 Å². The van der Waals surface area contributed by atoms with E-state index in [1.807, 2.05) is 0 Å². The van der Waals surface area contributed by atoms with Crippen molar-refractivity contribution >= 4 is 40.7 Å². The Hall–Kier alpha value is -2.44. The van der Waals surface area contributed by atoms with Crippen molar-refractivity contribution in [1.29, 1.82) is 0 Å². The average Bonchev–Trinajstić information content (AvgIpc) is 3.07. The number of carbonyl (C=O) groups is 2. The number of hydrogen-bond acceptors (Lipinski definition) is 4. The molecule has 0 aliphatic rings. The van der Waals surface area contributed by atoms with Crippen LogP contribution in [0.4, 0.5) is 0 Å². The summed E-state index contributed by atoms with van der Waals surface area (Å²) in [6, 6.07) is 8.02. The summed E-state index contributed by atoms with van der Waals surface area (Å²) in [5, 5.41) is 3.21. The molecular formula is C15H13Cl2N3O3. The maximum Gasteiger partial charge on any atom is 0.287 e. The highest BCUT2D eigenvalue weighted by Gasteiger charge is 2.10. The standard InChI is InChI=1S/C15H13Cl2N3O3/c1-9(10-4-5-11(16)12(17)7-10)19-20-14(21)8-18-15(22)13-3-2-6-23-13/h2-7,19H,1,8H2,(H,18,22)(H,20,21). The zero-order chi connectivity index (χ0) is 16.8. The molecule has 0 aliphatic heterocycles. The van der Waals surface area contributed by atoms with E-state index in [2.05, 4.69) is 22.7 Å². The smallest absolute Gasteiger partial charge is 0.287 e. The first-order valence-electron chi connectivity index (χ1n) is 6.48. The minimum Gasteiger partial charge on any atom is -0.459 e. The third kappa shape index (κ3) is 4.77. The summed E-state index contributed by atoms with van der Waals surface area (Å²) in [7, 11) is 0. The van der Waals surface area contributed by atoms with Gasteiger partial charge in [0.25, 0.3) is 11.8 Å². The predicted molar refractivity (Wildman–Crippen MR) is 87.8 cm³/mol. The van der Waals surface area contributed by atoms with Gasteiger partial charge in [-0.25, -0.2) is 0 Å². The van der Waals surface area contributed by atoms with E-state index < -0.39 is 11.8 Å². The van der Waals surface area contributed by atoms with Crippen LogP contribution >= 0.6 is 23.2 Å². The Morgan fingerprint density at radius 1 is 1.13 bits per heavy atom. The van der Waals surface area contributed by atoms with Crippen LogP contribution in [0.15, 0.2) is 47.6 Å². The number of hydrogen-bond donors (Lipinski definition) is 3. The molecule has 0 atom stereocenters. The molecule has 0 radical (unpaired) electrons. The van der Waals surface area contributed by atoms with Crippen molar-refractivity contribution in [2.24, 2.45) is 0 Å². The fraction of sp³-hybridized carbons (Fsp3) is 0.0667. The number of hydrazine groups is 1. The Labute approximate surface area is 142 Å². The van der Waals surface area contributed by atoms with E-state index in [1.165, 1.54) is 12.3 Å². The molecule has 2 aromatic rings. The molecule has 0 unspecified atom stereocenters. The summed E-state index contributed by atoms with van der Waals surface area (Å²) in [5.41, 5.74) is 6.13. The third-order valence-corrected chi connectivity index (χ3v) is 3.51. The molecule has 8 heteroatoms. The molecule has 2 rings (SSSR count). The number of carbonyl (C=O) groups excluding carboxylic acids is 2. The number of amides is 2. The first kappa shape index (κ1) is 16.9. The van der Waals surface area contributed by atoms with Gasteiger partial charge in [0.15, 0.2) is 5.76 Å². The molecule has 1 aromatic heterocycles. The molecule has 0 saturated carbocycles. The lowest BCUT2D eigenvalue weighted by molar-refractivity contribution is -0.120. The SMILES string of the molecule is C=C(NNC(=O)CNC(=O)c1ccco1)c1ccc(Cl)c(Cl)c1. The largest absolute Gasteiger partial charge is 0.459 e. The van der Waals surface area contributed by atoms with Crippen LogP contribution in [-0.4, -0.2) is 18.4 Å². The second-order valence-corrected chi connectivity index (χ2v) is 5.25. The minimum absolute atomic E-state index is 0.131. The van der Waals surface area contributed by atoms with E-state index in [0.717, 1.165) is 0 Å². The second kappa shape index (κ2) is 7.71. The van der Waals surface area contributed by atoms with Crippen molar-refractivity contribution in [3.8, 4) is 0 Å². The molecule has 0 aliphatic carbocycles. The molecule has 6 nitrogen and oxygen atoms in total. The molecule has 0 bridgehead atoms. The number of rotatable bonds is 6. The number of benzene rings is 1. The molecule has 0 saturated heterocycles. The molecule has 0 fully saturated rings. The van der Waals surface area contributed by atoms with Gasteiger partial charge in [-0.3, -0.25) is 20.4 Å². The van der Waals surface area contributed by atoms with Crippen molar-refractivity contribution < 1.29 is 14.0 Å². The maximum absolute atomic E-state index is 11.7. The Morgan fingerprint density at radius 3 is 2.57 bits per heavy atom. The van der Waals surface area contributed by atoms with Crippen molar-refractivity contribution in [3.63, 3.8) is 0 Å². The van der Waals surface area contributed by atoms with E-state index in [1.54, 1.807) is 24.3 Å². The fourth-order valence-electron chi connectivity index (χ4n) is 1.60. The average molecular weight is 354 g/mol. The van der Waals surface area contributed by atoms with Gasteiger partial charge in [0.05, 0.1) is 28.6 Å². The van der Waals surface area contributed by atoms with Crippen LogP contribution in [0.3, 0.4) is 0 Å². The lowest BCUT2D eigenvalue weighted by atomic mass is 10.2. The normalized spacial score (nSPS) is 10.0. The van der Waals surface area contributed by atoms with Crippen LogP contribution < -0.4 is 16.2 Å². The van der Waals surface area contributed by atoms with Crippen molar-refractivity contribution in [2.75, 3.05) is 6.54 Å². The Bertz CT molecular complexity index is 730. The first-order valence-corrected chi connectivity index (χ1v) is 7.24. The molecule has 1 heterocycles. The van der Waals surface area contributed by atoms with Gasteiger partial charge >= 0.3 is 0 Å². The van der Waals surface area contributed by atoms with Gasteiger partial charge in [-0.05, 0) is 24.3 Å². The van der Waals surface area contributed by atoms with Gasteiger partial charge < -0.3 is 9.73 Å². The molecule has 23 heavy (non-hydrogen) atoms. The highest BCUT2D eigenvalue weighted by atomic mass is 35.5. The number of nitrogens with one attached hydrogen (secondary N) is 3. The Morgan fingerprint density at radius 2 is 1.91 bits per heavy atom. The quantitative estimate of drug-likeness (QED) is 0.697. The topological polar surface area (TPSA) is 83.4 Å². The zero-order valence-electron chi connectivity index (χ0n) is 11.9. The highest BCUT2D eigenvalue weighted by molar-refractivity contribution is 6.42. The molecule has 120 valence electrons. The van der Waals surface area contributed by atoms with Crippen LogP contribution in [0, 0.1) is 0 Å². The monoisotopic (exact) mass is 353 g/mol. The van der Waals surface area contributed by atoms with E-state index in [-0.39, 0.29) is 12.3 Å². The number of halogens is 2. The van der Waals surface area contributed by atoms with Crippen LogP contribution in [0.1, 0.15) is 16.1 Å². The van der Waals surface area contributed by atoms with Crippen molar-refractivity contribution in [2.45, 2.75) is 0 Å². The Balaban J connectivity index is 1.78. The summed E-state index contributed by atoms with van der Waals surface area (Å²) < 4.78 is 4.91. The molecule has 1 aromatic carbocycles. The number of furan rings is 1. The summed E-state index contributed by atoms with van der Waals surface area (Å²) >= 11 is 11.7. The van der Waals surface area contributed by atoms with Gasteiger partial charge in [0.1, 0.15) is 0 Å². The fourth-order valence-corrected chi connectivity index (χ4v) is 1.90. The minimum atomic E-state index is -0.478. The molecule has 0 spiro atoms. The van der Waals surface area contributed by atoms with Crippen LogP contribution in [0.5, 0.6) is 0 Å². The van der Waals surface area contributed by atoms with E-state index >= 15 is 0 Å². The zero-order valence-corrected chi connectivity index (χ0v) is 13.4. The van der Waals surface area contributed by atoms with Crippen LogP contribution in [0.25, 0.3) is 5.70 Å². The predicted octanol–water partition coefficient (Wildman–Crippen LogP) is 2.61. The molecule has 2 amide bonds. The summed E-state index contributed by atoms with van der Waals surface area (Å²) in [4.78, 5) is 23.3. The van der Waals surface area contributed by atoms with Crippen LogP contribution in [-0.2, 0) is 4.79 Å². The lowest BCUT2D eigenvalue weighted by Crippen LogP contribution is -2.42. The van der Waals surface area contributed by atoms with Gasteiger partial charge in [-0.2, -0.15) is 0 Å². The van der Waals surface area contributed by atoms with Gasteiger partial charge in [0, 0.05) is 5.56 Å². The summed E-state index contributed by atoms with van der Waals surface area (Å²) in [5.74, 6) is -0.800. The molecular weight excluding hydrogens is 341 g/mol. The lowest BCUT2D eigenvalue weighted by Gasteiger charge is -2.12. The van der Waals surface area contributed by atoms with E-state index in [9.17, 15) is 9.59 Å². The van der Waals surface area contributed by atoms with E-state index in [0.29, 0.717) is 21.3 Å². The van der Waals surface area contributed by atoms with Gasteiger partial charge in [-0.15, -0.1) is 0 Å². The first-order chi connectivity index (χ1) is 11.0. The summed E-state index contributed by atoms with van der Waals surface area (Å²) in [6.07, 6.45) is 1.37. The van der Waals surface area contributed by atoms with Crippen molar-refractivity contribution in [1.82, 2.24) is 16.2 Å². The third-order valence-electron chi connectivity index (χ3n) is 2.78. The summed E-state index contributed by atoms with van der Waals surface area (Å²) in [6.45, 7) is 3.55. The molecule has 3 N–H and O–H groups in total. The van der Waals surface area contributed by atoms with Gasteiger partial charge in [-0.1, -0.05) is 35.8 Å².